The van der Waals surface area contributed by atoms with Crippen molar-refractivity contribution in [1.29, 1.82) is 0 Å². The van der Waals surface area contributed by atoms with E-state index in [1.807, 2.05) is 54.2 Å². The quantitative estimate of drug-likeness (QED) is 0.716. The molecule has 0 aliphatic carbocycles. The van der Waals surface area contributed by atoms with Crippen LogP contribution in [0.1, 0.15) is 22.4 Å². The molecule has 0 bridgehead atoms. The average molecular weight is 323 g/mol. The number of aromatic nitrogens is 4. The zero-order valence-electron chi connectivity index (χ0n) is 13.3. The van der Waals surface area contributed by atoms with Gasteiger partial charge >= 0.3 is 0 Å². The molecule has 1 saturated heterocycles. The lowest BCUT2D eigenvalue weighted by Gasteiger charge is -2.35. The minimum absolute atomic E-state index is 0.120. The summed E-state index contributed by atoms with van der Waals surface area (Å²) in [4.78, 5) is 19.1. The van der Waals surface area contributed by atoms with Gasteiger partial charge in [0, 0.05) is 25.5 Å². The van der Waals surface area contributed by atoms with Crippen molar-refractivity contribution in [3.63, 3.8) is 0 Å². The molecule has 0 saturated carbocycles. The molecule has 1 unspecified atom stereocenters. The van der Waals surface area contributed by atoms with E-state index in [2.05, 4.69) is 15.2 Å². The average Bonchev–Trinajstić information content (AvgIpc) is 3.06. The molecule has 0 radical (unpaired) electrons. The van der Waals surface area contributed by atoms with Crippen molar-refractivity contribution in [2.45, 2.75) is 6.04 Å². The topological polar surface area (TPSA) is 73.1 Å². The number of hydrogen-bond donors (Lipinski definition) is 0. The Labute approximate surface area is 138 Å². The van der Waals surface area contributed by atoms with Crippen LogP contribution in [0.4, 0.5) is 0 Å². The first-order chi connectivity index (χ1) is 11.7. The van der Waals surface area contributed by atoms with E-state index in [0.29, 0.717) is 30.8 Å². The first kappa shape index (κ1) is 14.8. The molecule has 1 aliphatic rings. The van der Waals surface area contributed by atoms with Crippen LogP contribution < -0.4 is 0 Å². The van der Waals surface area contributed by atoms with Crippen LogP contribution in [-0.2, 0) is 11.8 Å². The van der Waals surface area contributed by atoms with E-state index >= 15 is 0 Å². The van der Waals surface area contributed by atoms with Crippen molar-refractivity contribution in [2.24, 2.45) is 7.05 Å². The fourth-order valence-electron chi connectivity index (χ4n) is 3.01. The van der Waals surface area contributed by atoms with Crippen LogP contribution in [-0.4, -0.2) is 50.3 Å². The summed E-state index contributed by atoms with van der Waals surface area (Å²) in [5, 5.41) is 8.13. The fraction of sp³-hybridized carbons (Fsp3) is 0.294. The third-order valence-corrected chi connectivity index (χ3v) is 4.27. The van der Waals surface area contributed by atoms with Crippen LogP contribution in [0.5, 0.6) is 0 Å². The molecule has 3 aromatic rings. The van der Waals surface area contributed by atoms with E-state index in [0.717, 1.165) is 5.69 Å². The number of carbonyl (C=O) groups excluding carboxylic acids is 1. The van der Waals surface area contributed by atoms with Crippen LogP contribution in [0.2, 0.25) is 0 Å². The number of nitrogens with zero attached hydrogens (tertiary/aromatic N) is 5. The Morgan fingerprint density at radius 3 is 2.79 bits per heavy atom. The third kappa shape index (κ3) is 2.52. The number of fused-ring (bicyclic) bond motifs is 1. The summed E-state index contributed by atoms with van der Waals surface area (Å²) in [6, 6.07) is 11.2. The molecule has 3 heterocycles. The summed E-state index contributed by atoms with van der Waals surface area (Å²) in [6.45, 7) is 1.48. The SMILES string of the molecule is Cn1cccc1C1COCCN1C(=O)c1nnc2ccccc2n1. The number of amides is 1. The highest BCUT2D eigenvalue weighted by atomic mass is 16.5. The minimum atomic E-state index is -0.220. The van der Waals surface area contributed by atoms with Gasteiger partial charge in [0.25, 0.3) is 5.91 Å². The van der Waals surface area contributed by atoms with Crippen LogP contribution in [0.15, 0.2) is 42.6 Å². The van der Waals surface area contributed by atoms with Gasteiger partial charge in [-0.25, -0.2) is 4.98 Å². The minimum Gasteiger partial charge on any atom is -0.377 e. The predicted molar refractivity (Wildman–Crippen MR) is 87.3 cm³/mol. The van der Waals surface area contributed by atoms with Crippen molar-refractivity contribution in [1.82, 2.24) is 24.6 Å². The van der Waals surface area contributed by atoms with Crippen molar-refractivity contribution >= 4 is 16.9 Å². The second-order valence-corrected chi connectivity index (χ2v) is 5.76. The highest BCUT2D eigenvalue weighted by Crippen LogP contribution is 2.25. The normalized spacial score (nSPS) is 18.0. The summed E-state index contributed by atoms with van der Waals surface area (Å²) in [5.74, 6) is -0.0995. The first-order valence-electron chi connectivity index (χ1n) is 7.83. The molecule has 7 heteroatoms. The summed E-state index contributed by atoms with van der Waals surface area (Å²) in [5.41, 5.74) is 2.37. The van der Waals surface area contributed by atoms with Gasteiger partial charge < -0.3 is 14.2 Å². The van der Waals surface area contributed by atoms with Crippen molar-refractivity contribution < 1.29 is 9.53 Å². The molecular formula is C17H17N5O2. The van der Waals surface area contributed by atoms with Gasteiger partial charge in [-0.3, -0.25) is 4.79 Å². The van der Waals surface area contributed by atoms with E-state index in [9.17, 15) is 4.79 Å². The van der Waals surface area contributed by atoms with Gasteiger partial charge in [-0.15, -0.1) is 10.2 Å². The molecule has 0 N–H and O–H groups in total. The molecule has 4 rings (SSSR count). The van der Waals surface area contributed by atoms with E-state index in [1.54, 1.807) is 4.90 Å². The number of ether oxygens (including phenoxy) is 1. The lowest BCUT2D eigenvalue weighted by atomic mass is 10.1. The van der Waals surface area contributed by atoms with Crippen molar-refractivity contribution in [3.05, 3.63) is 54.1 Å². The number of rotatable bonds is 2. The summed E-state index contributed by atoms with van der Waals surface area (Å²) >= 11 is 0. The Morgan fingerprint density at radius 1 is 1.17 bits per heavy atom. The van der Waals surface area contributed by atoms with Gasteiger partial charge in [-0.2, -0.15) is 0 Å². The van der Waals surface area contributed by atoms with E-state index in [4.69, 9.17) is 4.74 Å². The van der Waals surface area contributed by atoms with Crippen molar-refractivity contribution in [2.75, 3.05) is 19.8 Å². The second-order valence-electron chi connectivity index (χ2n) is 5.76. The molecule has 1 amide bonds. The monoisotopic (exact) mass is 323 g/mol. The van der Waals surface area contributed by atoms with Crippen LogP contribution in [0.25, 0.3) is 11.0 Å². The Kier molecular flexibility index (Phi) is 3.70. The number of aryl methyl sites for hydroxylation is 1. The van der Waals surface area contributed by atoms with E-state index in [-0.39, 0.29) is 17.8 Å². The van der Waals surface area contributed by atoms with E-state index in [1.165, 1.54) is 0 Å². The molecule has 1 fully saturated rings. The molecule has 1 atom stereocenters. The lowest BCUT2D eigenvalue weighted by molar-refractivity contribution is -0.00531. The van der Waals surface area contributed by atoms with Crippen LogP contribution in [0.3, 0.4) is 0 Å². The largest absolute Gasteiger partial charge is 0.377 e. The van der Waals surface area contributed by atoms with E-state index < -0.39 is 0 Å². The van der Waals surface area contributed by atoms with Crippen LogP contribution >= 0.6 is 0 Å². The maximum atomic E-state index is 13.0. The standard InChI is InChI=1S/C17H17N5O2/c1-21-8-4-7-14(21)15-11-24-10-9-22(15)17(23)16-18-12-5-2-3-6-13(12)19-20-16/h2-8,15H,9-11H2,1H3. The van der Waals surface area contributed by atoms with Gasteiger partial charge in [-0.1, -0.05) is 12.1 Å². The Balaban J connectivity index is 1.69. The van der Waals surface area contributed by atoms with Gasteiger partial charge in [0.2, 0.25) is 5.82 Å². The molecular weight excluding hydrogens is 306 g/mol. The molecule has 1 aliphatic heterocycles. The summed E-state index contributed by atoms with van der Waals surface area (Å²) in [6.07, 6.45) is 1.96. The number of para-hydroxylation sites is 1. The smallest absolute Gasteiger partial charge is 0.294 e. The maximum Gasteiger partial charge on any atom is 0.294 e. The predicted octanol–water partition coefficient (Wildman–Crippen LogP) is 1.58. The Hall–Kier alpha value is -2.80. The molecule has 1 aromatic carbocycles. The lowest BCUT2D eigenvalue weighted by Crippen LogP contribution is -2.44. The van der Waals surface area contributed by atoms with Crippen molar-refractivity contribution in [3.8, 4) is 0 Å². The summed E-state index contributed by atoms with van der Waals surface area (Å²) in [7, 11) is 1.96. The Morgan fingerprint density at radius 2 is 2.00 bits per heavy atom. The number of carbonyl (C=O) groups is 1. The molecule has 122 valence electrons. The highest BCUT2D eigenvalue weighted by Gasteiger charge is 2.32. The molecule has 2 aromatic heterocycles. The van der Waals surface area contributed by atoms with Crippen LogP contribution in [0, 0.1) is 0 Å². The number of morpholine rings is 1. The number of hydrogen-bond acceptors (Lipinski definition) is 5. The van der Waals surface area contributed by atoms with Gasteiger partial charge in [-0.05, 0) is 24.3 Å². The second kappa shape index (κ2) is 6.01. The van der Waals surface area contributed by atoms with Gasteiger partial charge in [0.1, 0.15) is 5.52 Å². The zero-order valence-corrected chi connectivity index (χ0v) is 13.3. The fourth-order valence-corrected chi connectivity index (χ4v) is 3.01. The Bertz CT molecular complexity index is 891. The van der Waals surface area contributed by atoms with Gasteiger partial charge in [0.05, 0.1) is 24.8 Å². The maximum absolute atomic E-state index is 13.0. The molecule has 24 heavy (non-hydrogen) atoms. The molecule has 0 spiro atoms. The molecule has 7 nitrogen and oxygen atoms in total. The summed E-state index contributed by atoms with van der Waals surface area (Å²) < 4.78 is 7.58. The highest BCUT2D eigenvalue weighted by molar-refractivity contribution is 5.92. The first-order valence-corrected chi connectivity index (χ1v) is 7.83. The van der Waals surface area contributed by atoms with Gasteiger partial charge in [0.15, 0.2) is 0 Å². The number of benzene rings is 1. The third-order valence-electron chi connectivity index (χ3n) is 4.27. The zero-order chi connectivity index (χ0) is 16.5.